The second-order valence-corrected chi connectivity index (χ2v) is 22.0. The van der Waals surface area contributed by atoms with Crippen molar-refractivity contribution < 1.29 is 28.6 Å². The average Bonchev–Trinajstić information content (AvgIpc) is 3.43. The minimum atomic E-state index is -0.834. The number of carbonyl (C=O) groups is 3. The van der Waals surface area contributed by atoms with Crippen molar-refractivity contribution in [2.45, 2.75) is 335 Å². The van der Waals surface area contributed by atoms with Crippen LogP contribution in [-0.2, 0) is 28.6 Å². The van der Waals surface area contributed by atoms with Crippen LogP contribution in [0.5, 0.6) is 0 Å². The molecule has 6 nitrogen and oxygen atoms in total. The van der Waals surface area contributed by atoms with Gasteiger partial charge >= 0.3 is 17.9 Å². The number of hydrogen-bond donors (Lipinski definition) is 0. The maximum atomic E-state index is 12.8. The largest absolute Gasteiger partial charge is 0.462 e. The zero-order valence-electron chi connectivity index (χ0n) is 51.0. The van der Waals surface area contributed by atoms with Gasteiger partial charge in [0.15, 0.2) is 6.10 Å². The van der Waals surface area contributed by atoms with E-state index in [4.69, 9.17) is 14.2 Å². The smallest absolute Gasteiger partial charge is 0.310 e. The normalized spacial score (nSPS) is 12.6. The molecule has 0 radical (unpaired) electrons. The summed E-state index contributed by atoms with van der Waals surface area (Å²) in [5, 5.41) is 0. The fraction of sp³-hybridized carbons (Fsp3) is 0.761. The summed E-state index contributed by atoms with van der Waals surface area (Å²) < 4.78 is 16.8. The Labute approximate surface area is 477 Å². The van der Waals surface area contributed by atoms with Crippen LogP contribution in [0.3, 0.4) is 0 Å². The Morgan fingerprint density at radius 3 is 0.844 bits per heavy atom. The van der Waals surface area contributed by atoms with Gasteiger partial charge in [0.05, 0.1) is 6.42 Å². The van der Waals surface area contributed by atoms with Crippen LogP contribution in [-0.4, -0.2) is 37.2 Å². The van der Waals surface area contributed by atoms with Crippen molar-refractivity contribution in [2.24, 2.45) is 0 Å². The first-order valence-corrected chi connectivity index (χ1v) is 33.1. The summed E-state index contributed by atoms with van der Waals surface area (Å²) in [6.07, 6.45) is 86.4. The van der Waals surface area contributed by atoms with Gasteiger partial charge in [-0.3, -0.25) is 14.4 Å². The maximum absolute atomic E-state index is 12.8. The molecule has 0 aliphatic heterocycles. The molecule has 0 amide bonds. The van der Waals surface area contributed by atoms with Gasteiger partial charge in [-0.05, 0) is 96.3 Å². The van der Waals surface area contributed by atoms with Crippen molar-refractivity contribution >= 4 is 17.9 Å². The third-order valence-electron chi connectivity index (χ3n) is 14.4. The highest BCUT2D eigenvalue weighted by Gasteiger charge is 2.19. The Kier molecular flexibility index (Phi) is 62.2. The van der Waals surface area contributed by atoms with Gasteiger partial charge in [0.25, 0.3) is 0 Å². The van der Waals surface area contributed by atoms with Crippen LogP contribution in [0.25, 0.3) is 0 Å². The van der Waals surface area contributed by atoms with Gasteiger partial charge in [-0.2, -0.15) is 0 Å². The molecule has 6 heteroatoms. The molecule has 0 saturated carbocycles. The molecular weight excluding hydrogens is 949 g/mol. The van der Waals surface area contributed by atoms with Crippen molar-refractivity contribution in [1.82, 2.24) is 0 Å². The number of carbonyl (C=O) groups excluding carboxylic acids is 3. The molecule has 0 rings (SSSR count). The molecule has 1 unspecified atom stereocenters. The van der Waals surface area contributed by atoms with Crippen LogP contribution < -0.4 is 0 Å². The summed E-state index contributed by atoms with van der Waals surface area (Å²) in [6, 6.07) is 0. The molecule has 0 heterocycles. The first-order chi connectivity index (χ1) is 38.0. The third-order valence-corrected chi connectivity index (χ3v) is 14.4. The quantitative estimate of drug-likeness (QED) is 0.0261. The van der Waals surface area contributed by atoms with Gasteiger partial charge in [-0.25, -0.2) is 0 Å². The lowest BCUT2D eigenvalue weighted by atomic mass is 10.0. The van der Waals surface area contributed by atoms with Crippen molar-refractivity contribution in [2.75, 3.05) is 13.2 Å². The summed E-state index contributed by atoms with van der Waals surface area (Å²) in [4.78, 5) is 38.2. The fourth-order valence-electron chi connectivity index (χ4n) is 9.45. The molecule has 0 fully saturated rings. The van der Waals surface area contributed by atoms with Crippen molar-refractivity contribution in [3.63, 3.8) is 0 Å². The minimum Gasteiger partial charge on any atom is -0.462 e. The van der Waals surface area contributed by atoms with Crippen LogP contribution in [0.4, 0.5) is 0 Å². The monoisotopic (exact) mass is 1070 g/mol. The van der Waals surface area contributed by atoms with E-state index in [9.17, 15) is 14.4 Å². The Hall–Kier alpha value is -3.41. The molecule has 0 aliphatic rings. The lowest BCUT2D eigenvalue weighted by molar-refractivity contribution is -0.166. The predicted molar refractivity (Wildman–Crippen MR) is 334 cm³/mol. The molecule has 0 aliphatic carbocycles. The molecule has 0 spiro atoms. The molecule has 0 N–H and O–H groups in total. The van der Waals surface area contributed by atoms with Gasteiger partial charge in [-0.15, -0.1) is 0 Å². The Balaban J connectivity index is 4.27. The van der Waals surface area contributed by atoms with Gasteiger partial charge in [0, 0.05) is 12.8 Å². The van der Waals surface area contributed by atoms with E-state index in [1.54, 1.807) is 6.08 Å². The summed E-state index contributed by atoms with van der Waals surface area (Å²) >= 11 is 0. The Morgan fingerprint density at radius 1 is 0.286 bits per heavy atom. The van der Waals surface area contributed by atoms with Crippen LogP contribution in [0, 0.1) is 0 Å². The number of ether oxygens (including phenoxy) is 3. The SMILES string of the molecule is CC/C=C\C/C=C\C/C=C\C/C=C\C/C=C\CC(=O)OC(COC(=O)CCCCCCC/C=C\CCCCCCCC)COC(=O)CCCCCCCCCCCCCCCCCCC/C=C\CCCCCCCCCC. The van der Waals surface area contributed by atoms with Crippen LogP contribution in [0.2, 0.25) is 0 Å². The molecular formula is C71H124O6. The highest BCUT2D eigenvalue weighted by atomic mass is 16.6. The third kappa shape index (κ3) is 63.3. The number of allylic oxidation sites excluding steroid dienone is 13. The minimum absolute atomic E-state index is 0.0964. The standard InChI is InChI=1S/C71H124O6/c1-4-7-10-13-16-19-22-25-28-29-30-31-32-33-34-35-36-37-38-39-40-41-44-46-49-52-55-58-61-64-70(73)76-67-68(77-71(74)65-62-59-56-53-50-47-43-27-24-21-18-15-12-9-6-3)66-75-69(72)63-60-57-54-51-48-45-42-26-23-20-17-14-11-8-5-2/h9,12,18,21,26-27,29-30,42-43,50,53,59,62,68H,4-8,10-11,13-17,19-20,22-25,28,31-41,44-49,51-52,54-58,60-61,63-67H2,1-3H3/b12-9-,21-18-,30-29-,42-26-,43-27-,53-50-,62-59-. The Bertz CT molecular complexity index is 1470. The summed E-state index contributed by atoms with van der Waals surface area (Å²) in [6.45, 7) is 6.46. The molecule has 0 bridgehead atoms. The van der Waals surface area contributed by atoms with Gasteiger partial charge in [0.2, 0.25) is 0 Å². The van der Waals surface area contributed by atoms with Gasteiger partial charge in [0.1, 0.15) is 13.2 Å². The fourth-order valence-corrected chi connectivity index (χ4v) is 9.45. The van der Waals surface area contributed by atoms with Gasteiger partial charge in [-0.1, -0.05) is 298 Å². The topological polar surface area (TPSA) is 78.9 Å². The second-order valence-electron chi connectivity index (χ2n) is 22.0. The molecule has 0 aromatic carbocycles. The highest BCUT2D eigenvalue weighted by Crippen LogP contribution is 2.17. The zero-order valence-corrected chi connectivity index (χ0v) is 51.0. The van der Waals surface area contributed by atoms with E-state index in [1.165, 1.54) is 205 Å². The van der Waals surface area contributed by atoms with E-state index in [-0.39, 0.29) is 31.6 Å². The van der Waals surface area contributed by atoms with E-state index in [1.807, 2.05) is 6.08 Å². The van der Waals surface area contributed by atoms with E-state index >= 15 is 0 Å². The first-order valence-electron chi connectivity index (χ1n) is 33.1. The van der Waals surface area contributed by atoms with Crippen molar-refractivity contribution in [3.05, 3.63) is 85.1 Å². The van der Waals surface area contributed by atoms with E-state index in [0.717, 1.165) is 83.5 Å². The number of rotatable bonds is 60. The molecule has 0 aromatic rings. The van der Waals surface area contributed by atoms with E-state index < -0.39 is 12.1 Å². The average molecular weight is 1070 g/mol. The van der Waals surface area contributed by atoms with Gasteiger partial charge < -0.3 is 14.2 Å². The van der Waals surface area contributed by atoms with E-state index in [0.29, 0.717) is 12.8 Å². The summed E-state index contributed by atoms with van der Waals surface area (Å²) in [5.41, 5.74) is 0. The number of esters is 3. The molecule has 77 heavy (non-hydrogen) atoms. The van der Waals surface area contributed by atoms with Crippen molar-refractivity contribution in [1.29, 1.82) is 0 Å². The number of unbranched alkanes of at least 4 members (excludes halogenated alkanes) is 36. The van der Waals surface area contributed by atoms with Crippen molar-refractivity contribution in [3.8, 4) is 0 Å². The molecule has 0 aromatic heterocycles. The lowest BCUT2D eigenvalue weighted by Crippen LogP contribution is -2.30. The van der Waals surface area contributed by atoms with Crippen LogP contribution in [0.15, 0.2) is 85.1 Å². The first kappa shape index (κ1) is 73.6. The molecule has 444 valence electrons. The number of hydrogen-bond acceptors (Lipinski definition) is 6. The predicted octanol–water partition coefficient (Wildman–Crippen LogP) is 22.7. The van der Waals surface area contributed by atoms with Crippen LogP contribution >= 0.6 is 0 Å². The van der Waals surface area contributed by atoms with E-state index in [2.05, 4.69) is 93.7 Å². The molecule has 1 atom stereocenters. The summed E-state index contributed by atoms with van der Waals surface area (Å²) in [5.74, 6) is -1.04. The lowest BCUT2D eigenvalue weighted by Gasteiger charge is -2.18. The maximum Gasteiger partial charge on any atom is 0.310 e. The molecule has 0 saturated heterocycles. The van der Waals surface area contributed by atoms with Crippen LogP contribution in [0.1, 0.15) is 329 Å². The Morgan fingerprint density at radius 2 is 0.545 bits per heavy atom. The zero-order chi connectivity index (χ0) is 55.7. The second kappa shape index (κ2) is 65.1. The summed E-state index contributed by atoms with van der Waals surface area (Å²) in [7, 11) is 0. The highest BCUT2D eigenvalue weighted by molar-refractivity contribution is 5.72.